The fraction of sp³-hybridized carbons (Fsp3) is 0.261. The van der Waals surface area contributed by atoms with Crippen LogP contribution < -0.4 is 4.74 Å². The molecule has 0 N–H and O–H groups in total. The Kier molecular flexibility index (Phi) is 7.09. The highest BCUT2D eigenvalue weighted by molar-refractivity contribution is 9.10. The van der Waals surface area contributed by atoms with Crippen molar-refractivity contribution in [3.8, 4) is 16.3 Å². The van der Waals surface area contributed by atoms with E-state index in [2.05, 4.69) is 74.2 Å². The molecule has 2 heterocycles. The van der Waals surface area contributed by atoms with Crippen LogP contribution in [0, 0.1) is 6.92 Å². The lowest BCUT2D eigenvalue weighted by Crippen LogP contribution is -2.11. The molecule has 1 unspecified atom stereocenters. The summed E-state index contributed by atoms with van der Waals surface area (Å²) in [4.78, 5) is 4.83. The standard InChI is InChI=1S/C23H23BrN4OS2/c1-4-28-21(16(3)29-19-11-9-17(24)10-12-19)26-27-23(28)31-14-18-13-30-22(25-18)20-8-6-5-7-15(20)2/h5-13,16H,4,14H2,1-3H3. The minimum absolute atomic E-state index is 0.199. The van der Waals surface area contributed by atoms with Crippen molar-refractivity contribution in [3.05, 3.63) is 75.5 Å². The number of halogens is 1. The lowest BCUT2D eigenvalue weighted by atomic mass is 10.1. The smallest absolute Gasteiger partial charge is 0.191 e. The van der Waals surface area contributed by atoms with Crippen molar-refractivity contribution < 1.29 is 4.74 Å². The Bertz CT molecular complexity index is 1160. The van der Waals surface area contributed by atoms with E-state index in [4.69, 9.17) is 9.72 Å². The van der Waals surface area contributed by atoms with Crippen molar-refractivity contribution in [2.45, 2.75) is 44.3 Å². The summed E-state index contributed by atoms with van der Waals surface area (Å²) in [6, 6.07) is 16.2. The van der Waals surface area contributed by atoms with Crippen LogP contribution >= 0.6 is 39.0 Å². The maximum absolute atomic E-state index is 6.07. The van der Waals surface area contributed by atoms with Gasteiger partial charge in [-0.25, -0.2) is 4.98 Å². The zero-order valence-electron chi connectivity index (χ0n) is 17.6. The van der Waals surface area contributed by atoms with E-state index in [1.807, 2.05) is 31.2 Å². The molecule has 4 aromatic rings. The summed E-state index contributed by atoms with van der Waals surface area (Å²) in [5.74, 6) is 2.39. The number of thioether (sulfide) groups is 1. The second-order valence-corrected chi connectivity index (χ2v) is 9.76. The van der Waals surface area contributed by atoms with E-state index in [-0.39, 0.29) is 6.10 Å². The first kappa shape index (κ1) is 22.0. The SMILES string of the molecule is CCn1c(SCc2csc(-c3ccccc3C)n2)nnc1C(C)Oc1ccc(Br)cc1. The number of thiazole rings is 1. The van der Waals surface area contributed by atoms with E-state index >= 15 is 0 Å². The van der Waals surface area contributed by atoms with Crippen molar-refractivity contribution in [3.63, 3.8) is 0 Å². The van der Waals surface area contributed by atoms with Gasteiger partial charge in [0.15, 0.2) is 17.1 Å². The third-order valence-electron chi connectivity index (χ3n) is 4.83. The molecule has 0 amide bonds. The molecule has 2 aromatic carbocycles. The van der Waals surface area contributed by atoms with Gasteiger partial charge in [-0.1, -0.05) is 52.0 Å². The number of aromatic nitrogens is 4. The van der Waals surface area contributed by atoms with Gasteiger partial charge in [-0.3, -0.25) is 0 Å². The van der Waals surface area contributed by atoms with Gasteiger partial charge < -0.3 is 9.30 Å². The molecule has 2 aromatic heterocycles. The molecule has 160 valence electrons. The molecule has 5 nitrogen and oxygen atoms in total. The van der Waals surface area contributed by atoms with Crippen LogP contribution in [-0.4, -0.2) is 19.7 Å². The van der Waals surface area contributed by atoms with E-state index in [1.165, 1.54) is 11.1 Å². The second kappa shape index (κ2) is 9.97. The molecular weight excluding hydrogens is 492 g/mol. The molecule has 4 rings (SSSR count). The first-order valence-electron chi connectivity index (χ1n) is 10.0. The van der Waals surface area contributed by atoms with Crippen LogP contribution in [-0.2, 0) is 12.3 Å². The Morgan fingerprint density at radius 2 is 1.90 bits per heavy atom. The first-order chi connectivity index (χ1) is 15.0. The van der Waals surface area contributed by atoms with Crippen LogP contribution in [0.5, 0.6) is 5.75 Å². The lowest BCUT2D eigenvalue weighted by molar-refractivity contribution is 0.210. The Hall–Kier alpha value is -2.16. The van der Waals surface area contributed by atoms with Gasteiger partial charge in [0, 0.05) is 27.7 Å². The highest BCUT2D eigenvalue weighted by atomic mass is 79.9. The molecule has 0 spiro atoms. The second-order valence-electron chi connectivity index (χ2n) is 7.05. The molecule has 0 fully saturated rings. The van der Waals surface area contributed by atoms with Crippen molar-refractivity contribution in [2.24, 2.45) is 0 Å². The quantitative estimate of drug-likeness (QED) is 0.238. The minimum atomic E-state index is -0.199. The average molecular weight is 516 g/mol. The van der Waals surface area contributed by atoms with E-state index in [0.717, 1.165) is 44.2 Å². The molecule has 0 saturated heterocycles. The van der Waals surface area contributed by atoms with Crippen LogP contribution in [0.3, 0.4) is 0 Å². The minimum Gasteiger partial charge on any atom is -0.483 e. The van der Waals surface area contributed by atoms with Crippen molar-refractivity contribution >= 4 is 39.0 Å². The highest BCUT2D eigenvalue weighted by Crippen LogP contribution is 2.30. The molecular formula is C23H23BrN4OS2. The fourth-order valence-electron chi connectivity index (χ4n) is 3.22. The lowest BCUT2D eigenvalue weighted by Gasteiger charge is -2.15. The first-order valence-corrected chi connectivity index (χ1v) is 12.7. The van der Waals surface area contributed by atoms with E-state index in [9.17, 15) is 0 Å². The fourth-order valence-corrected chi connectivity index (χ4v) is 5.40. The monoisotopic (exact) mass is 514 g/mol. The maximum Gasteiger partial charge on any atom is 0.191 e. The number of aryl methyl sites for hydroxylation is 1. The van der Waals surface area contributed by atoms with Gasteiger partial charge in [0.1, 0.15) is 10.8 Å². The summed E-state index contributed by atoms with van der Waals surface area (Å²) in [5.41, 5.74) is 3.49. The van der Waals surface area contributed by atoms with Crippen LogP contribution in [0.1, 0.15) is 37.0 Å². The Morgan fingerprint density at radius 1 is 1.13 bits per heavy atom. The maximum atomic E-state index is 6.07. The van der Waals surface area contributed by atoms with Crippen LogP contribution in [0.4, 0.5) is 0 Å². The van der Waals surface area contributed by atoms with Gasteiger partial charge in [-0.05, 0) is 50.6 Å². The van der Waals surface area contributed by atoms with Crippen LogP contribution in [0.2, 0.25) is 0 Å². The summed E-state index contributed by atoms with van der Waals surface area (Å²) < 4.78 is 9.21. The van der Waals surface area contributed by atoms with Crippen molar-refractivity contribution in [1.82, 2.24) is 19.7 Å². The Morgan fingerprint density at radius 3 is 2.65 bits per heavy atom. The average Bonchev–Trinajstić information content (AvgIpc) is 3.41. The summed E-state index contributed by atoms with van der Waals surface area (Å²) in [6.45, 7) is 7.00. The summed E-state index contributed by atoms with van der Waals surface area (Å²) >= 11 is 6.79. The Labute approximate surface area is 199 Å². The van der Waals surface area contributed by atoms with Crippen LogP contribution in [0.25, 0.3) is 10.6 Å². The number of hydrogen-bond donors (Lipinski definition) is 0. The van der Waals surface area contributed by atoms with E-state index < -0.39 is 0 Å². The predicted molar refractivity (Wildman–Crippen MR) is 131 cm³/mol. The number of ether oxygens (including phenoxy) is 1. The highest BCUT2D eigenvalue weighted by Gasteiger charge is 2.19. The Balaban J connectivity index is 1.44. The molecule has 0 aliphatic rings. The zero-order chi connectivity index (χ0) is 21.8. The van der Waals surface area contributed by atoms with Gasteiger partial charge in [-0.2, -0.15) is 0 Å². The zero-order valence-corrected chi connectivity index (χ0v) is 20.8. The van der Waals surface area contributed by atoms with Gasteiger partial charge in [0.05, 0.1) is 5.69 Å². The van der Waals surface area contributed by atoms with E-state index in [1.54, 1.807) is 23.1 Å². The van der Waals surface area contributed by atoms with Crippen molar-refractivity contribution in [2.75, 3.05) is 0 Å². The topological polar surface area (TPSA) is 52.8 Å². The third kappa shape index (κ3) is 5.19. The van der Waals surface area contributed by atoms with Crippen molar-refractivity contribution in [1.29, 1.82) is 0 Å². The molecule has 31 heavy (non-hydrogen) atoms. The number of rotatable bonds is 8. The van der Waals surface area contributed by atoms with Crippen LogP contribution in [0.15, 0.2) is 63.5 Å². The molecule has 0 radical (unpaired) electrons. The third-order valence-corrected chi connectivity index (χ3v) is 7.28. The number of nitrogens with zero attached hydrogens (tertiary/aromatic N) is 4. The summed E-state index contributed by atoms with van der Waals surface area (Å²) in [7, 11) is 0. The molecule has 0 saturated carbocycles. The number of hydrogen-bond acceptors (Lipinski definition) is 6. The molecule has 0 bridgehead atoms. The largest absolute Gasteiger partial charge is 0.483 e. The van der Waals surface area contributed by atoms with Gasteiger partial charge in [-0.15, -0.1) is 21.5 Å². The molecule has 8 heteroatoms. The summed E-state index contributed by atoms with van der Waals surface area (Å²) in [5, 5.41) is 12.9. The van der Waals surface area contributed by atoms with Gasteiger partial charge in [0.2, 0.25) is 0 Å². The molecule has 0 aliphatic heterocycles. The molecule has 1 atom stereocenters. The van der Waals surface area contributed by atoms with Gasteiger partial charge in [0.25, 0.3) is 0 Å². The normalized spacial score (nSPS) is 12.1. The van der Waals surface area contributed by atoms with E-state index in [0.29, 0.717) is 0 Å². The molecule has 0 aliphatic carbocycles. The number of benzene rings is 2. The van der Waals surface area contributed by atoms with Gasteiger partial charge >= 0.3 is 0 Å². The predicted octanol–water partition coefficient (Wildman–Crippen LogP) is 6.92. The summed E-state index contributed by atoms with van der Waals surface area (Å²) in [6.07, 6.45) is -0.199.